The number of hydrogen-bond donors (Lipinski definition) is 1. The van der Waals surface area contributed by atoms with Crippen molar-refractivity contribution in [3.63, 3.8) is 0 Å². The third-order valence-electron chi connectivity index (χ3n) is 10.7. The first-order chi connectivity index (χ1) is 35.9. The number of carbonyl (C=O) groups is 5. The zero-order valence-corrected chi connectivity index (χ0v) is 51.9. The lowest BCUT2D eigenvalue weighted by Gasteiger charge is -2.29. The van der Waals surface area contributed by atoms with Gasteiger partial charge in [0, 0.05) is 147 Å². The van der Waals surface area contributed by atoms with Gasteiger partial charge in [0.15, 0.2) is 0 Å². The highest BCUT2D eigenvalue weighted by Gasteiger charge is 2.27. The number of halogens is 6. The molecule has 0 spiro atoms. The van der Waals surface area contributed by atoms with E-state index in [-0.39, 0.29) is 47.6 Å². The lowest BCUT2D eigenvalue weighted by molar-refractivity contribution is -0.136. The Morgan fingerprint density at radius 2 is 1.10 bits per heavy atom. The van der Waals surface area contributed by atoms with Crippen LogP contribution in [-0.4, -0.2) is 171 Å². The summed E-state index contributed by atoms with van der Waals surface area (Å²) in [5.74, 6) is 3.31. The molecule has 0 radical (unpaired) electrons. The third-order valence-corrected chi connectivity index (χ3v) is 10.7. The molecule has 2 heterocycles. The van der Waals surface area contributed by atoms with Gasteiger partial charge in [-0.2, -0.15) is 13.2 Å². The average Bonchev–Trinajstić information content (AvgIpc) is 3.40. The number of amides is 5. The van der Waals surface area contributed by atoms with E-state index < -0.39 is 13.6 Å². The second-order valence-electron chi connectivity index (χ2n) is 17.4. The average molecular weight is 1140 g/mol. The Morgan fingerprint density at radius 1 is 0.705 bits per heavy atom. The van der Waals surface area contributed by atoms with Gasteiger partial charge in [0.2, 0.25) is 43.0 Å². The van der Waals surface area contributed by atoms with Crippen LogP contribution in [0.1, 0.15) is 187 Å². The number of nitriles is 1. The van der Waals surface area contributed by atoms with Gasteiger partial charge in [0.1, 0.15) is 0 Å². The van der Waals surface area contributed by atoms with Gasteiger partial charge in [-0.3, -0.25) is 28.7 Å². The van der Waals surface area contributed by atoms with E-state index in [0.29, 0.717) is 37.6 Å². The van der Waals surface area contributed by atoms with Gasteiger partial charge in [-0.1, -0.05) is 94.4 Å². The lowest BCUT2D eigenvalue weighted by Crippen LogP contribution is -2.36. The summed E-state index contributed by atoms with van der Waals surface area (Å²) < 4.78 is 63.8. The van der Waals surface area contributed by atoms with Crippen LogP contribution < -0.4 is 5.32 Å². The maximum absolute atomic E-state index is 11.9. The van der Waals surface area contributed by atoms with Gasteiger partial charge in [0.05, 0.1) is 0 Å². The Balaban J connectivity index is -0.0000000724. The van der Waals surface area contributed by atoms with Gasteiger partial charge in [-0.25, -0.2) is 20.6 Å². The number of nitrogens with one attached hydrogen (secondary N) is 1. The van der Waals surface area contributed by atoms with Gasteiger partial charge < -0.3 is 44.0 Å². The molecule has 21 heteroatoms. The van der Waals surface area contributed by atoms with Gasteiger partial charge in [0.25, 0.3) is 0 Å². The minimum Gasteiger partial charge on any atom is -0.382 e. The summed E-state index contributed by atoms with van der Waals surface area (Å²) in [6.45, 7) is 37.8. The fourth-order valence-electron chi connectivity index (χ4n) is 5.57. The van der Waals surface area contributed by atoms with E-state index in [1.54, 1.807) is 42.9 Å². The number of hydrogen-bond acceptors (Lipinski definition) is 9. The molecule has 1 aliphatic carbocycles. The summed E-state index contributed by atoms with van der Waals surface area (Å²) in [5, 5.41) is 9.16. The monoisotopic (exact) mass is 1140 g/mol. The molecule has 78 heavy (non-hydrogen) atoms. The zero-order valence-electron chi connectivity index (χ0n) is 51.9. The highest BCUT2D eigenvalue weighted by molar-refractivity contribution is 5.78. The molecule has 0 aromatic carbocycles. The number of rotatable bonds is 14. The molecule has 1 atom stereocenters. The van der Waals surface area contributed by atoms with Crippen molar-refractivity contribution in [3.8, 4) is 6.57 Å². The minimum atomic E-state index is -3.67. The van der Waals surface area contributed by atoms with Crippen LogP contribution in [0.4, 0.5) is 26.7 Å². The van der Waals surface area contributed by atoms with E-state index in [1.165, 1.54) is 50.3 Å². The molecule has 1 unspecified atom stereocenters. The molecule has 15 nitrogen and oxygen atoms in total. The Kier molecular flexibility index (Phi) is 104. The summed E-state index contributed by atoms with van der Waals surface area (Å²) in [4.78, 5) is 63.9. The van der Waals surface area contributed by atoms with E-state index in [1.807, 2.05) is 69.5 Å². The van der Waals surface area contributed by atoms with Crippen LogP contribution in [0.3, 0.4) is 0 Å². The molecule has 2 aliphatic heterocycles. The molecular formula is C57H119F6N7O8. The summed E-state index contributed by atoms with van der Waals surface area (Å²) in [6, 6.07) is 0. The Labute approximate surface area is 474 Å². The fraction of sp³-hybridized carbons (Fsp3) is 0.877. The minimum absolute atomic E-state index is 0. The van der Waals surface area contributed by atoms with Crippen molar-refractivity contribution in [1.29, 1.82) is 5.26 Å². The smallest absolute Gasteiger partial charge is 0.379 e. The first kappa shape index (κ1) is 99.2. The summed E-state index contributed by atoms with van der Waals surface area (Å²) in [7, 11) is 10.7. The van der Waals surface area contributed by atoms with E-state index in [2.05, 4.69) is 44.4 Å². The molecular weight excluding hydrogens is 1020 g/mol. The highest BCUT2D eigenvalue weighted by Crippen LogP contribution is 2.30. The standard InChI is InChI=1S/C11H21NO2.C10H19NO2.C7H14.2C5H11NO.C5H12O.C4H9NO.C3H5N.C3H8.CHF3.CH2F2.CHN.CH4.FH/c1-4-12(3)11(13)9(2)10-5-7-14-8-6-10;1-3-11(2)10(12)8-9-4-6-13-7-5-9;1-2-4-7-5-3-6-7;1-4-5(7)6(2)3;1-3-5(7)6-4-2;1-3-5-6-4-2;1-4(6)5(2)3;1-3-4-2;1-3-2;2-1(3)4;2-1-3;1-2;;/h9-10H,4-8H2,1-3H3;9H,3-8H2,1-2H3;7H,2-6H2,1H3;4H2,1-3H3;3-4H2,1-2H3,(H,6,7);3-5H2,1-2H3;1-3H3;3H2,1H3;3H2,1-2H3;1H;1H2;1H;1H4;1H. The summed E-state index contributed by atoms with van der Waals surface area (Å²) in [6.07, 6.45) is 15.9. The molecule has 472 valence electrons. The van der Waals surface area contributed by atoms with Crippen molar-refractivity contribution in [2.75, 3.05) is 115 Å². The second kappa shape index (κ2) is 81.6. The number of ether oxygens (including phenoxy) is 3. The van der Waals surface area contributed by atoms with Crippen molar-refractivity contribution in [2.45, 2.75) is 194 Å². The Hall–Kier alpha value is -4.21. The normalized spacial score (nSPS) is 12.7. The van der Waals surface area contributed by atoms with E-state index in [0.717, 1.165) is 97.3 Å². The molecule has 1 saturated carbocycles. The number of nitrogens with zero attached hydrogens (tertiary/aromatic N) is 6. The van der Waals surface area contributed by atoms with Crippen molar-refractivity contribution < 1.29 is 64.8 Å². The van der Waals surface area contributed by atoms with Crippen molar-refractivity contribution in [1.82, 2.24) is 24.9 Å². The Bertz CT molecular complexity index is 1280. The number of carbonyl (C=O) groups excluding carboxylic acids is 5. The van der Waals surface area contributed by atoms with Gasteiger partial charge in [-0.15, -0.1) is 0 Å². The molecule has 3 rings (SSSR count). The first-order valence-electron chi connectivity index (χ1n) is 27.4. The van der Waals surface area contributed by atoms with Crippen LogP contribution in [0.25, 0.3) is 4.85 Å². The SMILES string of the molecule is C.C#N.CC(=O)N(C)C.CCC.CCC(=O)N(C)C.CCCC1CCC1.CCCOCC.CCN(C)C(=O)C(C)C1CCOCC1.CCN(C)C(=O)CC1CCOCC1.CCNC(=O)CC.F.FC(F)F.FCF.[C-]#[N+]CC. The highest BCUT2D eigenvalue weighted by atomic mass is 19.4. The Morgan fingerprint density at radius 3 is 1.31 bits per heavy atom. The first-order valence-corrected chi connectivity index (χ1v) is 27.4. The summed E-state index contributed by atoms with van der Waals surface area (Å²) in [5.41, 5.74) is 0. The van der Waals surface area contributed by atoms with E-state index >= 15 is 0 Å². The predicted octanol–water partition coefficient (Wildman–Crippen LogP) is 13.3. The van der Waals surface area contributed by atoms with Crippen molar-refractivity contribution in [2.24, 2.45) is 23.7 Å². The molecule has 2 saturated heterocycles. The zero-order chi connectivity index (χ0) is 61.3. The molecule has 3 aliphatic rings. The maximum atomic E-state index is 11.9. The van der Waals surface area contributed by atoms with Crippen LogP contribution in [-0.2, 0) is 38.2 Å². The van der Waals surface area contributed by atoms with Crippen LogP contribution in [0, 0.1) is 42.1 Å². The quantitative estimate of drug-likeness (QED) is 0.101. The van der Waals surface area contributed by atoms with Crippen molar-refractivity contribution >= 4 is 29.5 Å². The van der Waals surface area contributed by atoms with Crippen LogP contribution in [0.5, 0.6) is 0 Å². The second-order valence-corrected chi connectivity index (χ2v) is 17.4. The van der Waals surface area contributed by atoms with E-state index in [4.69, 9.17) is 26.0 Å². The predicted molar refractivity (Wildman–Crippen MR) is 312 cm³/mol. The van der Waals surface area contributed by atoms with Crippen molar-refractivity contribution in [3.05, 3.63) is 11.4 Å². The molecule has 1 N–H and O–H groups in total. The summed E-state index contributed by atoms with van der Waals surface area (Å²) >= 11 is 0. The third kappa shape index (κ3) is 88.4. The molecule has 5 amide bonds. The molecule has 0 aromatic rings. The van der Waals surface area contributed by atoms with Crippen LogP contribution in [0.15, 0.2) is 0 Å². The molecule has 3 fully saturated rings. The van der Waals surface area contributed by atoms with Gasteiger partial charge in [-0.05, 0) is 77.6 Å². The number of alkyl halides is 5. The van der Waals surface area contributed by atoms with Gasteiger partial charge >= 0.3 is 6.68 Å². The molecule has 0 bridgehead atoms. The van der Waals surface area contributed by atoms with E-state index in [9.17, 15) is 45.9 Å². The maximum Gasteiger partial charge on any atom is 0.379 e. The van der Waals surface area contributed by atoms with Crippen LogP contribution in [0.2, 0.25) is 0 Å². The lowest BCUT2D eigenvalue weighted by atomic mass is 9.82. The largest absolute Gasteiger partial charge is 0.382 e. The molecule has 0 aromatic heterocycles. The topological polar surface area (TPSA) is 166 Å². The fourth-order valence-corrected chi connectivity index (χ4v) is 5.57. The van der Waals surface area contributed by atoms with Crippen LogP contribution >= 0.6 is 0 Å².